The molecule has 26 heavy (non-hydrogen) atoms. The Morgan fingerprint density at radius 2 is 2.08 bits per heavy atom. The summed E-state index contributed by atoms with van der Waals surface area (Å²) in [5.41, 5.74) is 3.88. The van der Waals surface area contributed by atoms with Gasteiger partial charge in [-0.15, -0.1) is 0 Å². The van der Waals surface area contributed by atoms with Crippen LogP contribution in [-0.4, -0.2) is 20.2 Å². The lowest BCUT2D eigenvalue weighted by atomic mass is 10.2. The number of nitrogens with one attached hydrogen (secondary N) is 2. The average molecular weight is 342 g/mol. The number of fused-ring (bicyclic) bond motifs is 1. The number of rotatable bonds is 4. The lowest BCUT2D eigenvalue weighted by molar-refractivity contribution is 0.479. The van der Waals surface area contributed by atoms with Gasteiger partial charge < -0.3 is 10.1 Å². The van der Waals surface area contributed by atoms with Crippen molar-refractivity contribution in [1.82, 2.24) is 20.2 Å². The quantitative estimate of drug-likeness (QED) is 0.580. The van der Waals surface area contributed by atoms with Crippen LogP contribution in [0.2, 0.25) is 0 Å². The normalized spacial score (nSPS) is 10.5. The molecule has 0 bridgehead atoms. The predicted octanol–water partition coefficient (Wildman–Crippen LogP) is 4.07. The Balaban J connectivity index is 1.58. The number of nitriles is 1. The van der Waals surface area contributed by atoms with E-state index in [4.69, 9.17) is 10.00 Å². The van der Waals surface area contributed by atoms with Crippen LogP contribution in [-0.2, 0) is 0 Å². The Hall–Kier alpha value is -3.92. The number of hydrogen-bond donors (Lipinski definition) is 2. The van der Waals surface area contributed by atoms with Crippen molar-refractivity contribution in [3.63, 3.8) is 0 Å². The molecule has 126 valence electrons. The van der Waals surface area contributed by atoms with Gasteiger partial charge >= 0.3 is 0 Å². The smallest absolute Gasteiger partial charge is 0.159 e. The van der Waals surface area contributed by atoms with E-state index in [-0.39, 0.29) is 0 Å². The Kier molecular flexibility index (Phi) is 3.92. The van der Waals surface area contributed by atoms with E-state index in [1.807, 2.05) is 31.2 Å². The van der Waals surface area contributed by atoms with Gasteiger partial charge in [0.2, 0.25) is 0 Å². The highest BCUT2D eigenvalue weighted by Gasteiger charge is 2.08. The molecule has 0 aliphatic heterocycles. The number of ether oxygens (including phenoxy) is 1. The van der Waals surface area contributed by atoms with Crippen molar-refractivity contribution in [2.45, 2.75) is 6.92 Å². The van der Waals surface area contributed by atoms with Crippen molar-refractivity contribution in [1.29, 1.82) is 5.26 Å². The molecule has 2 N–H and O–H groups in total. The summed E-state index contributed by atoms with van der Waals surface area (Å²) in [7, 11) is 0. The van der Waals surface area contributed by atoms with E-state index in [0.717, 1.165) is 28.0 Å². The number of H-pyrrole nitrogens is 1. The molecule has 0 radical (unpaired) electrons. The Labute approximate surface area is 149 Å². The summed E-state index contributed by atoms with van der Waals surface area (Å²) in [5.74, 6) is 2.00. The van der Waals surface area contributed by atoms with Gasteiger partial charge in [-0.1, -0.05) is 6.07 Å². The van der Waals surface area contributed by atoms with E-state index in [9.17, 15) is 0 Å². The minimum atomic E-state index is 0.561. The van der Waals surface area contributed by atoms with Crippen LogP contribution in [0.25, 0.3) is 11.0 Å². The maximum Gasteiger partial charge on any atom is 0.159 e. The zero-order valence-corrected chi connectivity index (χ0v) is 13.9. The summed E-state index contributed by atoms with van der Waals surface area (Å²) < 4.78 is 5.89. The third-order valence-electron chi connectivity index (χ3n) is 3.87. The molecule has 0 aliphatic carbocycles. The SMILES string of the molecule is Cc1cc(Nc2ncnc3cn[nH]c23)ccc1Oc1cccc(C#N)c1. The summed E-state index contributed by atoms with van der Waals surface area (Å²) in [4.78, 5) is 8.41. The first-order valence-corrected chi connectivity index (χ1v) is 7.93. The van der Waals surface area contributed by atoms with Crippen molar-refractivity contribution in [3.05, 3.63) is 66.1 Å². The van der Waals surface area contributed by atoms with E-state index in [1.165, 1.54) is 6.33 Å². The second-order valence-corrected chi connectivity index (χ2v) is 5.70. The van der Waals surface area contributed by atoms with Gasteiger partial charge in [0.25, 0.3) is 0 Å². The molecule has 0 aliphatic rings. The number of benzene rings is 2. The van der Waals surface area contributed by atoms with Crippen molar-refractivity contribution in [2.24, 2.45) is 0 Å². The second kappa shape index (κ2) is 6.53. The van der Waals surface area contributed by atoms with Crippen molar-refractivity contribution in [2.75, 3.05) is 5.32 Å². The van der Waals surface area contributed by atoms with E-state index in [0.29, 0.717) is 17.1 Å². The van der Waals surface area contributed by atoms with E-state index in [1.54, 1.807) is 24.4 Å². The van der Waals surface area contributed by atoms with Gasteiger partial charge in [0.05, 0.1) is 17.8 Å². The molecule has 2 heterocycles. The standard InChI is InChI=1S/C19H14N6O/c1-12-7-14(24-19-18-16(10-23-25-18)21-11-22-19)5-6-17(12)26-15-4-2-3-13(8-15)9-20/h2-8,10-11H,1H3,(H,23,25)(H,21,22,24). The minimum Gasteiger partial charge on any atom is -0.457 e. The van der Waals surface area contributed by atoms with Gasteiger partial charge in [-0.25, -0.2) is 9.97 Å². The molecular weight excluding hydrogens is 328 g/mol. The molecular formula is C19H14N6O. The van der Waals surface area contributed by atoms with Crippen LogP contribution in [0.5, 0.6) is 11.5 Å². The fraction of sp³-hybridized carbons (Fsp3) is 0.0526. The molecule has 0 unspecified atom stereocenters. The van der Waals surface area contributed by atoms with Gasteiger partial charge in [-0.05, 0) is 48.9 Å². The van der Waals surface area contributed by atoms with Gasteiger partial charge in [0.15, 0.2) is 5.82 Å². The molecule has 7 heteroatoms. The maximum absolute atomic E-state index is 8.99. The molecule has 4 aromatic rings. The summed E-state index contributed by atoms with van der Waals surface area (Å²) in [6.07, 6.45) is 3.15. The summed E-state index contributed by atoms with van der Waals surface area (Å²) in [6, 6.07) is 14.9. The maximum atomic E-state index is 8.99. The number of aryl methyl sites for hydroxylation is 1. The van der Waals surface area contributed by atoms with E-state index in [2.05, 4.69) is 31.6 Å². The molecule has 0 atom stereocenters. The fourth-order valence-electron chi connectivity index (χ4n) is 2.59. The third-order valence-corrected chi connectivity index (χ3v) is 3.87. The zero-order valence-electron chi connectivity index (χ0n) is 13.9. The van der Waals surface area contributed by atoms with Crippen LogP contribution in [0.3, 0.4) is 0 Å². The summed E-state index contributed by atoms with van der Waals surface area (Å²) >= 11 is 0. The number of aromatic amines is 1. The molecule has 0 saturated carbocycles. The highest BCUT2D eigenvalue weighted by Crippen LogP contribution is 2.29. The summed E-state index contributed by atoms with van der Waals surface area (Å²) in [5, 5.41) is 19.1. The van der Waals surface area contributed by atoms with Crippen molar-refractivity contribution in [3.8, 4) is 17.6 Å². The highest BCUT2D eigenvalue weighted by molar-refractivity contribution is 5.86. The van der Waals surface area contributed by atoms with E-state index >= 15 is 0 Å². The van der Waals surface area contributed by atoms with Crippen molar-refractivity contribution >= 4 is 22.5 Å². The van der Waals surface area contributed by atoms with Gasteiger partial charge in [0.1, 0.15) is 28.9 Å². The Morgan fingerprint density at radius 1 is 1.15 bits per heavy atom. The van der Waals surface area contributed by atoms with E-state index < -0.39 is 0 Å². The Bertz CT molecular complexity index is 1130. The van der Waals surface area contributed by atoms with Crippen LogP contribution >= 0.6 is 0 Å². The zero-order chi connectivity index (χ0) is 17.9. The minimum absolute atomic E-state index is 0.561. The number of anilines is 2. The molecule has 0 amide bonds. The van der Waals surface area contributed by atoms with Gasteiger partial charge in [-0.2, -0.15) is 10.4 Å². The molecule has 7 nitrogen and oxygen atoms in total. The summed E-state index contributed by atoms with van der Waals surface area (Å²) in [6.45, 7) is 1.96. The third kappa shape index (κ3) is 3.03. The van der Waals surface area contributed by atoms with Crippen molar-refractivity contribution < 1.29 is 4.74 Å². The van der Waals surface area contributed by atoms with Crippen LogP contribution in [0.1, 0.15) is 11.1 Å². The molecule has 0 saturated heterocycles. The number of aromatic nitrogens is 4. The first kappa shape index (κ1) is 15.6. The molecule has 0 spiro atoms. The lowest BCUT2D eigenvalue weighted by Crippen LogP contribution is -1.97. The van der Waals surface area contributed by atoms with Gasteiger partial charge in [-0.3, -0.25) is 5.10 Å². The first-order chi connectivity index (χ1) is 12.7. The number of hydrogen-bond acceptors (Lipinski definition) is 6. The van der Waals surface area contributed by atoms with Gasteiger partial charge in [0, 0.05) is 5.69 Å². The lowest BCUT2D eigenvalue weighted by Gasteiger charge is -2.12. The van der Waals surface area contributed by atoms with Crippen LogP contribution in [0.15, 0.2) is 55.0 Å². The molecule has 0 fully saturated rings. The highest BCUT2D eigenvalue weighted by atomic mass is 16.5. The molecule has 4 rings (SSSR count). The first-order valence-electron chi connectivity index (χ1n) is 7.93. The van der Waals surface area contributed by atoms with Crippen LogP contribution in [0.4, 0.5) is 11.5 Å². The predicted molar refractivity (Wildman–Crippen MR) is 97.4 cm³/mol. The number of nitrogens with zero attached hydrogens (tertiary/aromatic N) is 4. The monoisotopic (exact) mass is 342 g/mol. The molecule has 2 aromatic heterocycles. The largest absolute Gasteiger partial charge is 0.457 e. The van der Waals surface area contributed by atoms with Crippen LogP contribution in [0, 0.1) is 18.3 Å². The molecule has 2 aromatic carbocycles. The van der Waals surface area contributed by atoms with Crippen LogP contribution < -0.4 is 10.1 Å². The second-order valence-electron chi connectivity index (χ2n) is 5.70. The average Bonchev–Trinajstić information content (AvgIpc) is 3.14. The Morgan fingerprint density at radius 3 is 2.92 bits per heavy atom. The fourth-order valence-corrected chi connectivity index (χ4v) is 2.59. The topological polar surface area (TPSA) is 99.5 Å².